The standard InChI is InChI=1S/C15H21N3/c1-3-5-8-12(16)15-17-13-9-6-7-10-14(13)18(15)11-4-2/h4,6-7,9-10,12H,2-3,5,8,11,16H2,1H3. The maximum atomic E-state index is 6.26. The fourth-order valence-corrected chi connectivity index (χ4v) is 2.25. The molecule has 1 aromatic heterocycles. The van der Waals surface area contributed by atoms with Crippen molar-refractivity contribution in [3.63, 3.8) is 0 Å². The van der Waals surface area contributed by atoms with Crippen LogP contribution in [-0.2, 0) is 6.54 Å². The fourth-order valence-electron chi connectivity index (χ4n) is 2.25. The Labute approximate surface area is 108 Å². The Morgan fingerprint density at radius 3 is 2.94 bits per heavy atom. The third kappa shape index (κ3) is 2.46. The second-order valence-electron chi connectivity index (χ2n) is 4.61. The quantitative estimate of drug-likeness (QED) is 0.790. The Morgan fingerprint density at radius 2 is 2.22 bits per heavy atom. The number of aromatic nitrogens is 2. The van der Waals surface area contributed by atoms with Gasteiger partial charge in [0.05, 0.1) is 17.1 Å². The molecule has 1 unspecified atom stereocenters. The third-order valence-electron chi connectivity index (χ3n) is 3.20. The highest BCUT2D eigenvalue weighted by Gasteiger charge is 2.15. The summed E-state index contributed by atoms with van der Waals surface area (Å²) in [5.74, 6) is 0.976. The van der Waals surface area contributed by atoms with E-state index in [9.17, 15) is 0 Å². The van der Waals surface area contributed by atoms with Crippen molar-refractivity contribution in [2.24, 2.45) is 5.73 Å². The van der Waals surface area contributed by atoms with Gasteiger partial charge in [0.1, 0.15) is 5.82 Å². The summed E-state index contributed by atoms with van der Waals surface area (Å²) in [4.78, 5) is 4.67. The predicted octanol–water partition coefficient (Wildman–Crippen LogP) is 3.41. The predicted molar refractivity (Wildman–Crippen MR) is 76.4 cm³/mol. The van der Waals surface area contributed by atoms with Crippen LogP contribution in [0.15, 0.2) is 36.9 Å². The van der Waals surface area contributed by atoms with Gasteiger partial charge in [0.2, 0.25) is 0 Å². The molecule has 1 atom stereocenters. The molecule has 1 heterocycles. The summed E-state index contributed by atoms with van der Waals surface area (Å²) in [5.41, 5.74) is 8.41. The molecule has 96 valence electrons. The molecular weight excluding hydrogens is 222 g/mol. The molecule has 18 heavy (non-hydrogen) atoms. The molecular formula is C15H21N3. The number of benzene rings is 1. The molecule has 0 saturated heterocycles. The molecule has 0 saturated carbocycles. The number of nitrogens with two attached hydrogens (primary N) is 1. The molecule has 0 aliphatic carbocycles. The number of allylic oxidation sites excluding steroid dienone is 1. The van der Waals surface area contributed by atoms with Crippen molar-refractivity contribution in [3.8, 4) is 0 Å². The number of hydrogen-bond donors (Lipinski definition) is 1. The van der Waals surface area contributed by atoms with E-state index in [0.717, 1.165) is 42.7 Å². The monoisotopic (exact) mass is 243 g/mol. The van der Waals surface area contributed by atoms with Gasteiger partial charge in [-0.05, 0) is 18.6 Å². The van der Waals surface area contributed by atoms with Crippen LogP contribution in [0.5, 0.6) is 0 Å². The summed E-state index contributed by atoms with van der Waals surface area (Å²) in [6.07, 6.45) is 5.18. The first kappa shape index (κ1) is 12.8. The summed E-state index contributed by atoms with van der Waals surface area (Å²) in [6.45, 7) is 6.76. The van der Waals surface area contributed by atoms with Crippen molar-refractivity contribution in [2.45, 2.75) is 38.8 Å². The van der Waals surface area contributed by atoms with E-state index in [0.29, 0.717) is 0 Å². The van der Waals surface area contributed by atoms with Crippen LogP contribution in [-0.4, -0.2) is 9.55 Å². The lowest BCUT2D eigenvalue weighted by Crippen LogP contribution is -2.16. The van der Waals surface area contributed by atoms with Crippen LogP contribution in [0.3, 0.4) is 0 Å². The van der Waals surface area contributed by atoms with E-state index in [1.54, 1.807) is 0 Å². The van der Waals surface area contributed by atoms with Crippen LogP contribution in [0, 0.1) is 0 Å². The summed E-state index contributed by atoms with van der Waals surface area (Å²) >= 11 is 0. The normalized spacial score (nSPS) is 12.8. The van der Waals surface area contributed by atoms with E-state index < -0.39 is 0 Å². The summed E-state index contributed by atoms with van der Waals surface area (Å²) < 4.78 is 2.17. The van der Waals surface area contributed by atoms with Crippen molar-refractivity contribution in [1.29, 1.82) is 0 Å². The van der Waals surface area contributed by atoms with Gasteiger partial charge < -0.3 is 10.3 Å². The summed E-state index contributed by atoms with van der Waals surface area (Å²) in [5, 5.41) is 0. The maximum Gasteiger partial charge on any atom is 0.127 e. The Morgan fingerprint density at radius 1 is 1.44 bits per heavy atom. The smallest absolute Gasteiger partial charge is 0.127 e. The SMILES string of the molecule is C=CCn1c(C(N)CCCC)nc2ccccc21. The molecule has 0 bridgehead atoms. The summed E-state index contributed by atoms with van der Waals surface area (Å²) in [7, 11) is 0. The van der Waals surface area contributed by atoms with E-state index in [1.807, 2.05) is 24.3 Å². The largest absolute Gasteiger partial charge is 0.323 e. The minimum atomic E-state index is 0.0114. The third-order valence-corrected chi connectivity index (χ3v) is 3.20. The number of imidazole rings is 1. The maximum absolute atomic E-state index is 6.26. The van der Waals surface area contributed by atoms with Crippen molar-refractivity contribution >= 4 is 11.0 Å². The van der Waals surface area contributed by atoms with Crippen LogP contribution in [0.25, 0.3) is 11.0 Å². The molecule has 0 spiro atoms. The zero-order chi connectivity index (χ0) is 13.0. The van der Waals surface area contributed by atoms with Crippen LogP contribution < -0.4 is 5.73 Å². The molecule has 3 nitrogen and oxygen atoms in total. The molecule has 2 rings (SSSR count). The van der Waals surface area contributed by atoms with Gasteiger partial charge in [-0.2, -0.15) is 0 Å². The number of fused-ring (bicyclic) bond motifs is 1. The molecule has 0 aliphatic rings. The zero-order valence-corrected chi connectivity index (χ0v) is 11.0. The molecule has 0 amide bonds. The Bertz CT molecular complexity index is 528. The molecule has 0 aliphatic heterocycles. The first-order valence-corrected chi connectivity index (χ1v) is 6.59. The topological polar surface area (TPSA) is 43.8 Å². The molecule has 0 radical (unpaired) electrons. The first-order valence-electron chi connectivity index (χ1n) is 6.59. The van der Waals surface area contributed by atoms with Gasteiger partial charge in [0, 0.05) is 6.54 Å². The lowest BCUT2D eigenvalue weighted by Gasteiger charge is -2.13. The van der Waals surface area contributed by atoms with E-state index in [-0.39, 0.29) is 6.04 Å². The minimum Gasteiger partial charge on any atom is -0.323 e. The molecule has 1 aromatic carbocycles. The highest BCUT2D eigenvalue weighted by atomic mass is 15.1. The van der Waals surface area contributed by atoms with Gasteiger partial charge in [0.25, 0.3) is 0 Å². The summed E-state index contributed by atoms with van der Waals surface area (Å²) in [6, 6.07) is 8.17. The Balaban J connectivity index is 2.41. The van der Waals surface area contributed by atoms with Crippen molar-refractivity contribution in [3.05, 3.63) is 42.7 Å². The Hall–Kier alpha value is -1.61. The lowest BCUT2D eigenvalue weighted by atomic mass is 10.1. The highest BCUT2D eigenvalue weighted by Crippen LogP contribution is 2.22. The van der Waals surface area contributed by atoms with E-state index >= 15 is 0 Å². The number of unbranched alkanes of at least 4 members (excludes halogenated alkanes) is 1. The van der Waals surface area contributed by atoms with Crippen molar-refractivity contribution < 1.29 is 0 Å². The van der Waals surface area contributed by atoms with Gasteiger partial charge in [0.15, 0.2) is 0 Å². The minimum absolute atomic E-state index is 0.0114. The second kappa shape index (κ2) is 5.83. The average molecular weight is 243 g/mol. The van der Waals surface area contributed by atoms with Gasteiger partial charge in [-0.3, -0.25) is 0 Å². The van der Waals surface area contributed by atoms with Crippen LogP contribution in [0.1, 0.15) is 38.1 Å². The van der Waals surface area contributed by atoms with Gasteiger partial charge in [-0.1, -0.05) is 38.0 Å². The van der Waals surface area contributed by atoms with Gasteiger partial charge >= 0.3 is 0 Å². The van der Waals surface area contributed by atoms with Gasteiger partial charge in [-0.25, -0.2) is 4.98 Å². The average Bonchev–Trinajstić information content (AvgIpc) is 2.76. The number of rotatable bonds is 6. The number of nitrogens with zero attached hydrogens (tertiary/aromatic N) is 2. The highest BCUT2D eigenvalue weighted by molar-refractivity contribution is 5.76. The van der Waals surface area contributed by atoms with Crippen LogP contribution in [0.2, 0.25) is 0 Å². The second-order valence-corrected chi connectivity index (χ2v) is 4.61. The van der Waals surface area contributed by atoms with Crippen LogP contribution >= 0.6 is 0 Å². The fraction of sp³-hybridized carbons (Fsp3) is 0.400. The van der Waals surface area contributed by atoms with E-state index in [4.69, 9.17) is 5.73 Å². The number of hydrogen-bond acceptors (Lipinski definition) is 2. The van der Waals surface area contributed by atoms with Gasteiger partial charge in [-0.15, -0.1) is 6.58 Å². The van der Waals surface area contributed by atoms with E-state index in [1.165, 1.54) is 0 Å². The number of para-hydroxylation sites is 2. The lowest BCUT2D eigenvalue weighted by molar-refractivity contribution is 0.553. The molecule has 3 heteroatoms. The zero-order valence-electron chi connectivity index (χ0n) is 11.0. The van der Waals surface area contributed by atoms with Crippen LogP contribution in [0.4, 0.5) is 0 Å². The Kier molecular flexibility index (Phi) is 4.15. The molecule has 2 aromatic rings. The molecule has 0 fully saturated rings. The van der Waals surface area contributed by atoms with Crippen molar-refractivity contribution in [1.82, 2.24) is 9.55 Å². The molecule has 2 N–H and O–H groups in total. The van der Waals surface area contributed by atoms with E-state index in [2.05, 4.69) is 29.1 Å². The van der Waals surface area contributed by atoms with Crippen molar-refractivity contribution in [2.75, 3.05) is 0 Å². The first-order chi connectivity index (χ1) is 8.77.